The molecule has 0 saturated carbocycles. The van der Waals surface area contributed by atoms with Crippen LogP contribution in [0.1, 0.15) is 10.4 Å². The van der Waals surface area contributed by atoms with Crippen LogP contribution in [0.4, 0.5) is 28.1 Å². The first-order chi connectivity index (χ1) is 22.3. The number of rotatable bonds is 8. The van der Waals surface area contributed by atoms with Crippen LogP contribution in [-0.2, 0) is 14.8 Å². The maximum Gasteiger partial charge on any atom is 0.323 e. The molecule has 1 aromatic heterocycles. The van der Waals surface area contributed by atoms with Crippen LogP contribution in [-0.4, -0.2) is 92.7 Å². The summed E-state index contributed by atoms with van der Waals surface area (Å²) in [5.41, 5.74) is 2.21. The Morgan fingerprint density at radius 3 is 2.04 bits per heavy atom. The van der Waals surface area contributed by atoms with E-state index < -0.39 is 16.1 Å². The van der Waals surface area contributed by atoms with Gasteiger partial charge in [-0.15, -0.1) is 0 Å². The molecule has 3 heterocycles. The highest BCUT2D eigenvalue weighted by Gasteiger charge is 2.21. The van der Waals surface area contributed by atoms with E-state index in [1.807, 2.05) is 4.90 Å². The fourth-order valence-corrected chi connectivity index (χ4v) is 5.93. The molecule has 0 bridgehead atoms. The van der Waals surface area contributed by atoms with Crippen molar-refractivity contribution in [3.05, 3.63) is 84.4 Å². The molecule has 238 valence electrons. The predicted molar refractivity (Wildman–Crippen MR) is 173 cm³/mol. The van der Waals surface area contributed by atoms with Crippen LogP contribution < -0.4 is 25.6 Å². The molecule has 0 radical (unpaired) electrons. The van der Waals surface area contributed by atoms with E-state index >= 15 is 0 Å². The number of piperazine rings is 1. The number of carbonyl (C=O) groups excluding carboxylic acids is 2. The number of sulfonamides is 1. The van der Waals surface area contributed by atoms with Gasteiger partial charge in [-0.25, -0.2) is 17.9 Å². The van der Waals surface area contributed by atoms with E-state index in [0.29, 0.717) is 67.8 Å². The van der Waals surface area contributed by atoms with Crippen molar-refractivity contribution in [1.29, 1.82) is 0 Å². The van der Waals surface area contributed by atoms with E-state index in [-0.39, 0.29) is 22.6 Å². The molecule has 4 N–H and O–H groups in total. The summed E-state index contributed by atoms with van der Waals surface area (Å²) in [6, 6.07) is 21.1. The predicted octanol–water partition coefficient (Wildman–Crippen LogP) is 2.87. The first-order valence-electron chi connectivity index (χ1n) is 14.8. The molecule has 4 aromatic rings. The van der Waals surface area contributed by atoms with Gasteiger partial charge in [-0.2, -0.15) is 15.0 Å². The number of aromatic nitrogens is 3. The quantitative estimate of drug-likeness (QED) is 0.224. The van der Waals surface area contributed by atoms with Gasteiger partial charge in [0, 0.05) is 61.8 Å². The zero-order valence-electron chi connectivity index (χ0n) is 24.8. The SMILES string of the molecule is O=C(Nc1ccc(C(=O)N2CCNCC2)cc1)Nc1ccc(-c2nc(NS(=O)(=O)c3ccccc3)nc(N3CCOCC3)n2)cc1. The van der Waals surface area contributed by atoms with E-state index in [0.717, 1.165) is 13.1 Å². The summed E-state index contributed by atoms with van der Waals surface area (Å²) in [7, 11) is -3.94. The zero-order chi connectivity index (χ0) is 31.9. The smallest absolute Gasteiger partial charge is 0.323 e. The molecule has 15 heteroatoms. The molecule has 0 spiro atoms. The number of hydrogen-bond acceptors (Lipinski definition) is 10. The number of morpholine rings is 1. The van der Waals surface area contributed by atoms with Gasteiger partial charge in [0.25, 0.3) is 15.9 Å². The van der Waals surface area contributed by atoms with Gasteiger partial charge in [0.05, 0.1) is 18.1 Å². The molecule has 0 aliphatic carbocycles. The van der Waals surface area contributed by atoms with Crippen molar-refractivity contribution >= 4 is 45.2 Å². The third kappa shape index (κ3) is 7.56. The third-order valence-electron chi connectivity index (χ3n) is 7.39. The number of amides is 3. The van der Waals surface area contributed by atoms with Crippen LogP contribution in [0.5, 0.6) is 0 Å². The third-order valence-corrected chi connectivity index (χ3v) is 8.74. The number of urea groups is 1. The van der Waals surface area contributed by atoms with Crippen molar-refractivity contribution in [3.63, 3.8) is 0 Å². The standard InChI is InChI=1S/C31H33N9O5S/c41-28(39-16-14-32-15-17-39)23-8-12-25(13-9-23)34-31(42)33-24-10-6-22(7-11-24)27-35-29(37-30(36-27)40-18-20-45-21-19-40)38-46(43,44)26-4-2-1-3-5-26/h1-13,32H,14-21H2,(H2,33,34,42)(H,35,36,37,38). The van der Waals surface area contributed by atoms with Crippen LogP contribution in [0, 0.1) is 0 Å². The lowest BCUT2D eigenvalue weighted by molar-refractivity contribution is 0.0736. The summed E-state index contributed by atoms with van der Waals surface area (Å²) >= 11 is 0. The second kappa shape index (κ2) is 13.9. The molecule has 2 fully saturated rings. The van der Waals surface area contributed by atoms with Gasteiger partial charge in [-0.05, 0) is 60.7 Å². The van der Waals surface area contributed by atoms with E-state index in [2.05, 4.69) is 35.6 Å². The minimum absolute atomic E-state index is 0.0337. The van der Waals surface area contributed by atoms with Gasteiger partial charge >= 0.3 is 6.03 Å². The summed E-state index contributed by atoms with van der Waals surface area (Å²) in [5, 5.41) is 8.78. The van der Waals surface area contributed by atoms with Gasteiger partial charge < -0.3 is 30.5 Å². The lowest BCUT2D eigenvalue weighted by Gasteiger charge is -2.27. The van der Waals surface area contributed by atoms with Gasteiger partial charge in [0.1, 0.15) is 0 Å². The Kier molecular flexibility index (Phi) is 9.33. The van der Waals surface area contributed by atoms with Crippen molar-refractivity contribution in [2.45, 2.75) is 4.90 Å². The van der Waals surface area contributed by atoms with E-state index in [9.17, 15) is 18.0 Å². The maximum atomic E-state index is 13.0. The maximum absolute atomic E-state index is 13.0. The monoisotopic (exact) mass is 643 g/mol. The lowest BCUT2D eigenvalue weighted by Crippen LogP contribution is -2.46. The van der Waals surface area contributed by atoms with Gasteiger partial charge in [0.15, 0.2) is 5.82 Å². The Morgan fingerprint density at radius 1 is 0.761 bits per heavy atom. The first kappa shape index (κ1) is 30.9. The largest absolute Gasteiger partial charge is 0.378 e. The summed E-state index contributed by atoms with van der Waals surface area (Å²) < 4.78 is 34.0. The number of benzene rings is 3. The number of carbonyl (C=O) groups is 2. The molecule has 6 rings (SSSR count). The fourth-order valence-electron chi connectivity index (χ4n) is 4.97. The number of anilines is 4. The molecule has 14 nitrogen and oxygen atoms in total. The number of nitrogens with zero attached hydrogens (tertiary/aromatic N) is 5. The van der Waals surface area contributed by atoms with Crippen molar-refractivity contribution in [3.8, 4) is 11.4 Å². The van der Waals surface area contributed by atoms with Gasteiger partial charge in [-0.3, -0.25) is 4.79 Å². The van der Waals surface area contributed by atoms with Crippen molar-refractivity contribution < 1.29 is 22.7 Å². The Labute approximate surface area is 266 Å². The Hall–Kier alpha value is -5.12. The number of hydrogen-bond donors (Lipinski definition) is 4. The normalized spacial score (nSPS) is 15.2. The van der Waals surface area contributed by atoms with Crippen LogP contribution in [0.25, 0.3) is 11.4 Å². The average Bonchev–Trinajstić information content (AvgIpc) is 3.09. The second-order valence-electron chi connectivity index (χ2n) is 10.6. The summed E-state index contributed by atoms with van der Waals surface area (Å²) in [4.78, 5) is 42.6. The minimum Gasteiger partial charge on any atom is -0.378 e. The average molecular weight is 644 g/mol. The van der Waals surface area contributed by atoms with Crippen LogP contribution in [0.2, 0.25) is 0 Å². The molecular formula is C31H33N9O5S. The summed E-state index contributed by atoms with van der Waals surface area (Å²) in [6.45, 7) is 4.95. The van der Waals surface area contributed by atoms with Crippen LogP contribution >= 0.6 is 0 Å². The molecule has 0 atom stereocenters. The highest BCUT2D eigenvalue weighted by molar-refractivity contribution is 7.92. The highest BCUT2D eigenvalue weighted by Crippen LogP contribution is 2.24. The summed E-state index contributed by atoms with van der Waals surface area (Å²) in [5.74, 6) is 0.432. The molecule has 0 unspecified atom stereocenters. The molecule has 2 aliphatic rings. The molecule has 3 aromatic carbocycles. The molecule has 2 aliphatic heterocycles. The molecule has 2 saturated heterocycles. The fraction of sp³-hybridized carbons (Fsp3) is 0.258. The number of nitrogens with one attached hydrogen (secondary N) is 4. The highest BCUT2D eigenvalue weighted by atomic mass is 32.2. The molecule has 46 heavy (non-hydrogen) atoms. The minimum atomic E-state index is -3.94. The lowest BCUT2D eigenvalue weighted by atomic mass is 10.1. The topological polar surface area (TPSA) is 171 Å². The molecular weight excluding hydrogens is 610 g/mol. The summed E-state index contributed by atoms with van der Waals surface area (Å²) in [6.07, 6.45) is 0. The Morgan fingerprint density at radius 2 is 1.39 bits per heavy atom. The van der Waals surface area contributed by atoms with E-state index in [4.69, 9.17) is 4.74 Å². The zero-order valence-corrected chi connectivity index (χ0v) is 25.7. The van der Waals surface area contributed by atoms with Gasteiger partial charge in [0.2, 0.25) is 11.9 Å². The van der Waals surface area contributed by atoms with Crippen molar-refractivity contribution in [1.82, 2.24) is 25.2 Å². The van der Waals surface area contributed by atoms with E-state index in [1.54, 1.807) is 71.6 Å². The van der Waals surface area contributed by atoms with Gasteiger partial charge in [-0.1, -0.05) is 18.2 Å². The van der Waals surface area contributed by atoms with Crippen LogP contribution in [0.3, 0.4) is 0 Å². The second-order valence-corrected chi connectivity index (χ2v) is 12.3. The van der Waals surface area contributed by atoms with Crippen LogP contribution in [0.15, 0.2) is 83.8 Å². The number of ether oxygens (including phenoxy) is 1. The molecule has 3 amide bonds. The Balaban J connectivity index is 1.14. The first-order valence-corrected chi connectivity index (χ1v) is 16.3. The van der Waals surface area contributed by atoms with Crippen molar-refractivity contribution in [2.75, 3.05) is 72.7 Å². The van der Waals surface area contributed by atoms with Crippen molar-refractivity contribution in [2.24, 2.45) is 0 Å². The Bertz CT molecular complexity index is 1780. The van der Waals surface area contributed by atoms with E-state index in [1.165, 1.54) is 12.1 Å².